The quantitative estimate of drug-likeness (QED) is 0.0951. The van der Waals surface area contributed by atoms with E-state index in [4.69, 9.17) is 18.8 Å². The van der Waals surface area contributed by atoms with Gasteiger partial charge in [-0.05, 0) is 142 Å². The van der Waals surface area contributed by atoms with Gasteiger partial charge in [0.15, 0.2) is 0 Å². The van der Waals surface area contributed by atoms with Crippen molar-refractivity contribution in [1.29, 1.82) is 0 Å². The molecule has 0 aliphatic heterocycles. The molecule has 0 fully saturated rings. The van der Waals surface area contributed by atoms with Crippen molar-refractivity contribution in [3.63, 3.8) is 0 Å². The van der Waals surface area contributed by atoms with Crippen LogP contribution in [0, 0.1) is 24.5 Å². The van der Waals surface area contributed by atoms with Crippen LogP contribution >= 0.6 is 0 Å². The van der Waals surface area contributed by atoms with Crippen molar-refractivity contribution in [3.8, 4) is 62.0 Å². The Labute approximate surface area is 562 Å². The van der Waals surface area contributed by atoms with Crippen molar-refractivity contribution >= 4 is 82.8 Å². The molecule has 0 saturated heterocycles. The van der Waals surface area contributed by atoms with Gasteiger partial charge in [-0.2, -0.15) is 30.3 Å². The molecule has 10 nitrogen and oxygen atoms in total. The van der Waals surface area contributed by atoms with Crippen LogP contribution in [-0.2, 0) is 33.6 Å². The Balaban J connectivity index is 0.000000148. The van der Waals surface area contributed by atoms with Gasteiger partial charge in [0.05, 0.1) is 51.6 Å². The Hall–Kier alpha value is -11.2. The fourth-order valence-electron chi connectivity index (χ4n) is 13.7. The largest absolute Gasteiger partial charge is 0.501 e. The summed E-state index contributed by atoms with van der Waals surface area (Å²) in [4.78, 5) is 15.1. The molecule has 1 radical (unpaired) electrons. The summed E-state index contributed by atoms with van der Waals surface area (Å²) in [6.07, 6.45) is 8.12. The Morgan fingerprint density at radius 3 is 2.03 bits per heavy atom. The van der Waals surface area contributed by atoms with Crippen molar-refractivity contribution in [2.45, 2.75) is 46.0 Å². The second-order valence-corrected chi connectivity index (χ2v) is 24.8. The van der Waals surface area contributed by atoms with E-state index in [1.54, 1.807) is 0 Å². The number of para-hydroxylation sites is 7. The van der Waals surface area contributed by atoms with E-state index >= 15 is 0 Å². The molecule has 0 aliphatic rings. The molecule has 11 aromatic carbocycles. The van der Waals surface area contributed by atoms with Crippen molar-refractivity contribution in [3.05, 3.63) is 302 Å². The first kappa shape index (κ1) is 58.8. The Bertz CT molecular complexity index is 5900. The zero-order chi connectivity index (χ0) is 63.1. The number of aromatic nitrogens is 8. The van der Waals surface area contributed by atoms with Gasteiger partial charge in [-0.15, -0.1) is 48.0 Å². The third-order valence-corrected chi connectivity index (χ3v) is 18.2. The summed E-state index contributed by atoms with van der Waals surface area (Å²) in [5.41, 5.74) is 25.0. The Kier molecular flexibility index (Phi) is 14.9. The number of rotatable bonds is 11. The fraction of sp³-hybridized carbons (Fsp3) is 0.0952. The Morgan fingerprint density at radius 2 is 1.24 bits per heavy atom. The van der Waals surface area contributed by atoms with E-state index < -0.39 is 0 Å². The number of furan rings is 2. The Morgan fingerprint density at radius 1 is 0.516 bits per heavy atom. The van der Waals surface area contributed by atoms with Crippen LogP contribution in [0.2, 0.25) is 0 Å². The van der Waals surface area contributed by atoms with E-state index in [9.17, 15) is 0 Å². The van der Waals surface area contributed by atoms with Crippen molar-refractivity contribution < 1.29 is 33.5 Å². The summed E-state index contributed by atoms with van der Waals surface area (Å²) in [6.45, 7) is 9.11. The van der Waals surface area contributed by atoms with Gasteiger partial charge in [0.2, 0.25) is 12.1 Å². The normalized spacial score (nSPS) is 11.8. The molecular formula is C84H61IrN8O2-3. The molecule has 0 unspecified atom stereocenters. The maximum absolute atomic E-state index is 6.52. The summed E-state index contributed by atoms with van der Waals surface area (Å²) in [7, 11) is 2.05. The molecule has 0 N–H and O–H groups in total. The van der Waals surface area contributed by atoms with Crippen LogP contribution in [0.3, 0.4) is 0 Å². The van der Waals surface area contributed by atoms with Crippen molar-refractivity contribution in [2.75, 3.05) is 0 Å². The maximum Gasteiger partial charge on any atom is 0.241 e. The predicted octanol–water partition coefficient (Wildman–Crippen LogP) is 20.0. The summed E-state index contributed by atoms with van der Waals surface area (Å²) in [5.74, 6) is 2.20. The molecule has 0 atom stereocenters. The second kappa shape index (κ2) is 24.0. The summed E-state index contributed by atoms with van der Waals surface area (Å²) >= 11 is 0. The van der Waals surface area contributed by atoms with E-state index in [0.717, 1.165) is 146 Å². The monoisotopic (exact) mass is 1410 g/mol. The summed E-state index contributed by atoms with van der Waals surface area (Å²) in [6, 6.07) is 94.3. The van der Waals surface area contributed by atoms with Gasteiger partial charge in [-0.1, -0.05) is 153 Å². The van der Waals surface area contributed by atoms with Gasteiger partial charge < -0.3 is 27.5 Å². The molecule has 18 rings (SSSR count). The first-order chi connectivity index (χ1) is 46.2. The van der Waals surface area contributed by atoms with Crippen molar-refractivity contribution in [1.82, 2.24) is 33.1 Å². The van der Waals surface area contributed by atoms with Crippen LogP contribution in [-0.4, -0.2) is 33.1 Å². The maximum atomic E-state index is 6.52. The van der Waals surface area contributed by atoms with Gasteiger partial charge in [-0.25, -0.2) is 4.98 Å². The number of fused-ring (bicyclic) bond motifs is 12. The van der Waals surface area contributed by atoms with Gasteiger partial charge in [-0.3, -0.25) is 14.0 Å². The van der Waals surface area contributed by atoms with E-state index in [1.807, 2.05) is 103 Å². The average molecular weight is 1410 g/mol. The van der Waals surface area contributed by atoms with E-state index in [1.165, 1.54) is 27.9 Å². The molecule has 95 heavy (non-hydrogen) atoms. The molecule has 0 saturated carbocycles. The molecular weight excluding hydrogens is 1350 g/mol. The minimum absolute atomic E-state index is 0. The first-order valence-electron chi connectivity index (χ1n) is 32.0. The number of hydrogen-bond donors (Lipinski definition) is 0. The van der Waals surface area contributed by atoms with Gasteiger partial charge in [0.1, 0.15) is 16.7 Å². The summed E-state index contributed by atoms with van der Waals surface area (Å²) < 4.78 is 23.8. The molecule has 0 bridgehead atoms. The molecule has 7 heterocycles. The topological polar surface area (TPSA) is 88.0 Å². The van der Waals surface area contributed by atoms with Crippen molar-refractivity contribution in [2.24, 2.45) is 7.05 Å². The number of pyridine rings is 1. The molecule has 0 aliphatic carbocycles. The number of hydrogen-bond acceptors (Lipinski definition) is 5. The van der Waals surface area contributed by atoms with E-state index in [-0.39, 0.29) is 31.9 Å². The number of nitrogens with zero attached hydrogens (tertiary/aromatic N) is 8. The van der Waals surface area contributed by atoms with Crippen LogP contribution in [0.15, 0.2) is 264 Å². The predicted molar refractivity (Wildman–Crippen MR) is 378 cm³/mol. The minimum Gasteiger partial charge on any atom is -0.501 e. The van der Waals surface area contributed by atoms with E-state index in [0.29, 0.717) is 0 Å². The molecule has 461 valence electrons. The third kappa shape index (κ3) is 10.2. The SMILES string of the molecule is CC(C)c1cc(-c2ccc3c(c2)oc2ccccc23)cc(C(C)C)c1-n1c(-c2[c-]ccc3c2oc2ccccc23)nc2ccccc21.C[n+]1[c-]n(-c2[c-]cccc2)cc1Cc1ccc2c(c1)n1c3c(-c4cc[c-]c(-c5ccccn5)c4)cccc3nc1n2-c1ccccc1.[Ir]. The zero-order valence-electron chi connectivity index (χ0n) is 52.8. The standard InChI is InChI=1S/C43H33N2O2.C41H28N6.Ir/c1-25(2)34-22-28(27-20-21-31-29-12-5-9-18-38(29)46-40(31)24-27)23-35(26(3)4)41(34)45-37-17-8-7-16-36(37)44-43(45)33-15-11-14-32-30-13-6-10-19-39(30)47-42(32)33;1-44-28-45(32-14-4-2-5-15-32)27-34(44)24-29-21-22-38-39(25-29)47-40-35(30-12-10-13-31(26-30)36-19-8-9-23-42-36)18-11-20-37(40)43-41(47)46(38)33-16-6-3-7-17-33;/h5-14,16-26H,1-4H3;2-12,14,16-23,25-27H,24H2,1H3;/q-1;-2;. The van der Waals surface area contributed by atoms with Gasteiger partial charge in [0, 0.05) is 65.7 Å². The van der Waals surface area contributed by atoms with Crippen LogP contribution in [0.25, 0.3) is 145 Å². The van der Waals surface area contributed by atoms with Crippen LogP contribution in [0.5, 0.6) is 0 Å². The molecule has 0 amide bonds. The number of benzene rings is 11. The van der Waals surface area contributed by atoms with Crippen LogP contribution < -0.4 is 4.57 Å². The third-order valence-electron chi connectivity index (χ3n) is 18.2. The number of aryl methyl sites for hydroxylation is 1. The minimum atomic E-state index is 0. The number of imidazole rings is 4. The van der Waals surface area contributed by atoms with Crippen LogP contribution in [0.4, 0.5) is 0 Å². The fourth-order valence-corrected chi connectivity index (χ4v) is 13.7. The second-order valence-electron chi connectivity index (χ2n) is 24.8. The molecule has 0 spiro atoms. The molecule has 7 aromatic heterocycles. The van der Waals surface area contributed by atoms with E-state index in [2.05, 4.69) is 239 Å². The summed E-state index contributed by atoms with van der Waals surface area (Å²) in [5, 5.41) is 4.44. The smallest absolute Gasteiger partial charge is 0.241 e. The first-order valence-corrected chi connectivity index (χ1v) is 32.0. The van der Waals surface area contributed by atoms with Gasteiger partial charge >= 0.3 is 0 Å². The average Bonchev–Trinajstić information content (AvgIpc) is 1.58. The zero-order valence-corrected chi connectivity index (χ0v) is 55.2. The molecule has 11 heteroatoms. The van der Waals surface area contributed by atoms with Gasteiger partial charge in [0.25, 0.3) is 0 Å². The molecule has 18 aromatic rings. The van der Waals surface area contributed by atoms with Crippen LogP contribution in [0.1, 0.15) is 61.9 Å².